The molecule has 2 heteroatoms. The molecule has 1 unspecified atom stereocenters. The maximum atomic E-state index is 3.68. The van der Waals surface area contributed by atoms with Crippen molar-refractivity contribution in [3.05, 3.63) is 0 Å². The molecule has 2 N–H and O–H groups in total. The fourth-order valence-corrected chi connectivity index (χ4v) is 2.39. The molecule has 0 amide bonds. The molecule has 1 saturated heterocycles. The molecule has 1 aliphatic heterocycles. The Morgan fingerprint density at radius 3 is 2.50 bits per heavy atom. The summed E-state index contributed by atoms with van der Waals surface area (Å²) in [6.07, 6.45) is 5.52. The summed E-state index contributed by atoms with van der Waals surface area (Å²) in [6, 6.07) is 0. The molecule has 0 spiro atoms. The molecule has 2 rings (SSSR count). The third-order valence-electron chi connectivity index (χ3n) is 4.24. The van der Waals surface area contributed by atoms with Crippen LogP contribution in [0.5, 0.6) is 0 Å². The number of hydrogen-bond acceptors (Lipinski definition) is 2. The highest BCUT2D eigenvalue weighted by Gasteiger charge is 2.38. The Balaban J connectivity index is 1.72. The Morgan fingerprint density at radius 1 is 1.21 bits per heavy atom. The minimum Gasteiger partial charge on any atom is -0.316 e. The number of rotatable bonds is 5. The van der Waals surface area contributed by atoms with Crippen molar-refractivity contribution < 1.29 is 0 Å². The summed E-state index contributed by atoms with van der Waals surface area (Å²) in [5, 5.41) is 7.17. The van der Waals surface area contributed by atoms with Crippen LogP contribution in [-0.2, 0) is 0 Å². The van der Waals surface area contributed by atoms with E-state index in [1.54, 1.807) is 0 Å². The van der Waals surface area contributed by atoms with E-state index in [1.807, 2.05) is 0 Å². The van der Waals surface area contributed by atoms with Gasteiger partial charge in [0.25, 0.3) is 0 Å². The Hall–Kier alpha value is -0.0800. The highest BCUT2D eigenvalue weighted by Crippen LogP contribution is 2.44. The molecule has 0 aromatic rings. The number of nitrogens with one attached hydrogen (secondary N) is 2. The summed E-state index contributed by atoms with van der Waals surface area (Å²) in [7, 11) is 0. The quantitative estimate of drug-likeness (QED) is 0.700. The second-order valence-corrected chi connectivity index (χ2v) is 5.69. The lowest BCUT2D eigenvalue weighted by Crippen LogP contribution is -2.37. The van der Waals surface area contributed by atoms with Crippen LogP contribution < -0.4 is 10.6 Å². The SMILES string of the molecule is CCC1(CNCC2(C)CC2)CCNC1. The molecule has 82 valence electrons. The topological polar surface area (TPSA) is 24.1 Å². The minimum absolute atomic E-state index is 0.561. The predicted molar refractivity (Wildman–Crippen MR) is 60.4 cm³/mol. The molecule has 1 heterocycles. The van der Waals surface area contributed by atoms with E-state index in [0.717, 1.165) is 0 Å². The summed E-state index contributed by atoms with van der Waals surface area (Å²) in [6.45, 7) is 9.60. The lowest BCUT2D eigenvalue weighted by atomic mass is 9.84. The average molecular weight is 196 g/mol. The molecule has 2 nitrogen and oxygen atoms in total. The summed E-state index contributed by atoms with van der Waals surface area (Å²) in [5.41, 5.74) is 1.21. The van der Waals surface area contributed by atoms with Crippen LogP contribution in [0.1, 0.15) is 39.5 Å². The Kier molecular flexibility index (Phi) is 2.85. The molecular formula is C12H24N2. The first-order chi connectivity index (χ1) is 6.68. The average Bonchev–Trinajstić information content (AvgIpc) is 2.75. The van der Waals surface area contributed by atoms with Gasteiger partial charge in [-0.1, -0.05) is 13.8 Å². The molecular weight excluding hydrogens is 172 g/mol. The van der Waals surface area contributed by atoms with Crippen LogP contribution in [0.4, 0.5) is 0 Å². The van der Waals surface area contributed by atoms with E-state index in [2.05, 4.69) is 24.5 Å². The van der Waals surface area contributed by atoms with E-state index in [0.29, 0.717) is 10.8 Å². The third-order valence-corrected chi connectivity index (χ3v) is 4.24. The van der Waals surface area contributed by atoms with Crippen molar-refractivity contribution in [2.24, 2.45) is 10.8 Å². The fraction of sp³-hybridized carbons (Fsp3) is 1.00. The second-order valence-electron chi connectivity index (χ2n) is 5.69. The van der Waals surface area contributed by atoms with Gasteiger partial charge in [-0.05, 0) is 43.1 Å². The third kappa shape index (κ3) is 2.29. The maximum absolute atomic E-state index is 3.68. The fourth-order valence-electron chi connectivity index (χ4n) is 2.39. The molecule has 0 aromatic heterocycles. The van der Waals surface area contributed by atoms with Gasteiger partial charge in [0.15, 0.2) is 0 Å². The van der Waals surface area contributed by atoms with Crippen molar-refractivity contribution in [2.75, 3.05) is 26.2 Å². The van der Waals surface area contributed by atoms with Gasteiger partial charge in [0.1, 0.15) is 0 Å². The highest BCUT2D eigenvalue weighted by molar-refractivity contribution is 4.93. The van der Waals surface area contributed by atoms with Crippen molar-refractivity contribution in [1.82, 2.24) is 10.6 Å². The predicted octanol–water partition coefficient (Wildman–Crippen LogP) is 1.77. The van der Waals surface area contributed by atoms with E-state index in [1.165, 1.54) is 51.9 Å². The smallest absolute Gasteiger partial charge is 0.00206 e. The Labute approximate surface area is 87.8 Å². The highest BCUT2D eigenvalue weighted by atomic mass is 15.0. The summed E-state index contributed by atoms with van der Waals surface area (Å²) in [4.78, 5) is 0. The normalized spacial score (nSPS) is 34.7. The van der Waals surface area contributed by atoms with Crippen LogP contribution in [0.25, 0.3) is 0 Å². The van der Waals surface area contributed by atoms with Crippen LogP contribution in [0.3, 0.4) is 0 Å². The van der Waals surface area contributed by atoms with Crippen LogP contribution in [0.15, 0.2) is 0 Å². The maximum Gasteiger partial charge on any atom is 0.00206 e. The minimum atomic E-state index is 0.561. The first-order valence-electron chi connectivity index (χ1n) is 6.10. The lowest BCUT2D eigenvalue weighted by Gasteiger charge is -2.27. The van der Waals surface area contributed by atoms with Crippen LogP contribution >= 0.6 is 0 Å². The van der Waals surface area contributed by atoms with Crippen LogP contribution in [-0.4, -0.2) is 26.2 Å². The van der Waals surface area contributed by atoms with Gasteiger partial charge in [-0.3, -0.25) is 0 Å². The molecule has 1 aliphatic carbocycles. The largest absolute Gasteiger partial charge is 0.316 e. The van der Waals surface area contributed by atoms with E-state index in [9.17, 15) is 0 Å². The van der Waals surface area contributed by atoms with Crippen molar-refractivity contribution in [3.8, 4) is 0 Å². The van der Waals surface area contributed by atoms with Crippen molar-refractivity contribution in [2.45, 2.75) is 39.5 Å². The molecule has 0 radical (unpaired) electrons. The van der Waals surface area contributed by atoms with Crippen molar-refractivity contribution >= 4 is 0 Å². The van der Waals surface area contributed by atoms with E-state index in [-0.39, 0.29) is 0 Å². The molecule has 0 aromatic carbocycles. The molecule has 1 saturated carbocycles. The van der Waals surface area contributed by atoms with Gasteiger partial charge in [0, 0.05) is 19.6 Å². The zero-order valence-corrected chi connectivity index (χ0v) is 9.66. The van der Waals surface area contributed by atoms with Gasteiger partial charge in [-0.15, -0.1) is 0 Å². The van der Waals surface area contributed by atoms with Gasteiger partial charge in [0.2, 0.25) is 0 Å². The standard InChI is InChI=1S/C12H24N2/c1-3-12(6-7-13-9-12)10-14-8-11(2)4-5-11/h13-14H,3-10H2,1-2H3. The Morgan fingerprint density at radius 2 is 2.00 bits per heavy atom. The van der Waals surface area contributed by atoms with Gasteiger partial charge < -0.3 is 10.6 Å². The first-order valence-corrected chi connectivity index (χ1v) is 6.10. The molecule has 0 bridgehead atoms. The van der Waals surface area contributed by atoms with E-state index >= 15 is 0 Å². The van der Waals surface area contributed by atoms with Crippen LogP contribution in [0, 0.1) is 10.8 Å². The van der Waals surface area contributed by atoms with Crippen molar-refractivity contribution in [3.63, 3.8) is 0 Å². The van der Waals surface area contributed by atoms with Gasteiger partial charge >= 0.3 is 0 Å². The van der Waals surface area contributed by atoms with Gasteiger partial charge in [0.05, 0.1) is 0 Å². The zero-order chi connectivity index (χ0) is 10.1. The summed E-state index contributed by atoms with van der Waals surface area (Å²) in [5.74, 6) is 0. The summed E-state index contributed by atoms with van der Waals surface area (Å²) < 4.78 is 0. The summed E-state index contributed by atoms with van der Waals surface area (Å²) >= 11 is 0. The molecule has 14 heavy (non-hydrogen) atoms. The molecule has 2 fully saturated rings. The van der Waals surface area contributed by atoms with Gasteiger partial charge in [-0.2, -0.15) is 0 Å². The van der Waals surface area contributed by atoms with Crippen molar-refractivity contribution in [1.29, 1.82) is 0 Å². The van der Waals surface area contributed by atoms with E-state index < -0.39 is 0 Å². The second kappa shape index (κ2) is 3.82. The molecule has 1 atom stereocenters. The first kappa shape index (κ1) is 10.4. The Bertz CT molecular complexity index is 190. The van der Waals surface area contributed by atoms with Gasteiger partial charge in [-0.25, -0.2) is 0 Å². The lowest BCUT2D eigenvalue weighted by molar-refractivity contribution is 0.282. The number of hydrogen-bond donors (Lipinski definition) is 2. The zero-order valence-electron chi connectivity index (χ0n) is 9.66. The molecule has 2 aliphatic rings. The van der Waals surface area contributed by atoms with E-state index in [4.69, 9.17) is 0 Å². The monoisotopic (exact) mass is 196 g/mol. The van der Waals surface area contributed by atoms with Crippen LogP contribution in [0.2, 0.25) is 0 Å².